The van der Waals surface area contributed by atoms with Gasteiger partial charge in [-0.3, -0.25) is 4.79 Å². The smallest absolute Gasteiger partial charge is 0.222 e. The maximum atomic E-state index is 12.7. The van der Waals surface area contributed by atoms with E-state index in [1.807, 2.05) is 0 Å². The van der Waals surface area contributed by atoms with Gasteiger partial charge >= 0.3 is 0 Å². The number of piperidine rings is 1. The van der Waals surface area contributed by atoms with Crippen molar-refractivity contribution in [2.45, 2.75) is 39.0 Å². The van der Waals surface area contributed by atoms with Crippen LogP contribution in [0.2, 0.25) is 0 Å². The van der Waals surface area contributed by atoms with Crippen molar-refractivity contribution in [3.8, 4) is 0 Å². The van der Waals surface area contributed by atoms with Crippen molar-refractivity contribution in [2.75, 3.05) is 26.2 Å². The third-order valence-electron chi connectivity index (χ3n) is 5.42. The number of benzene rings is 1. The number of nitrogens with one attached hydrogen (secondary N) is 1. The predicted molar refractivity (Wildman–Crippen MR) is 89.8 cm³/mol. The number of nitrogens with zero attached hydrogens (tertiary/aromatic N) is 1. The molecular formula is C19H28N2O. The number of carbonyl (C=O) groups excluding carboxylic acids is 1. The monoisotopic (exact) mass is 300 g/mol. The lowest BCUT2D eigenvalue weighted by Gasteiger charge is -2.26. The largest absolute Gasteiger partial charge is 0.341 e. The van der Waals surface area contributed by atoms with Gasteiger partial charge < -0.3 is 10.2 Å². The molecule has 120 valence electrons. The summed E-state index contributed by atoms with van der Waals surface area (Å²) >= 11 is 0. The van der Waals surface area contributed by atoms with E-state index in [1.54, 1.807) is 0 Å². The first-order valence-electron chi connectivity index (χ1n) is 8.60. The lowest BCUT2D eigenvalue weighted by molar-refractivity contribution is -0.131. The van der Waals surface area contributed by atoms with Crippen LogP contribution in [0.3, 0.4) is 0 Å². The summed E-state index contributed by atoms with van der Waals surface area (Å²) < 4.78 is 0. The molecule has 1 unspecified atom stereocenters. The van der Waals surface area contributed by atoms with Crippen LogP contribution in [-0.4, -0.2) is 37.0 Å². The van der Waals surface area contributed by atoms with Gasteiger partial charge in [0.25, 0.3) is 0 Å². The lowest BCUT2D eigenvalue weighted by atomic mass is 9.78. The standard InChI is InChI=1S/C19H28N2O/c1-19(2)14-21(13-17(19)16-6-4-3-5-7-16)18(22)12-15-8-10-20-11-9-15/h3-7,15,17,20H,8-14H2,1-2H3. The Bertz CT molecular complexity index is 505. The first-order chi connectivity index (χ1) is 10.6. The van der Waals surface area contributed by atoms with Gasteiger partial charge in [0.2, 0.25) is 5.91 Å². The first kappa shape index (κ1) is 15.5. The fourth-order valence-corrected chi connectivity index (χ4v) is 4.03. The normalized spacial score (nSPS) is 25.4. The average Bonchev–Trinajstić information content (AvgIpc) is 2.85. The zero-order valence-electron chi connectivity index (χ0n) is 13.8. The highest BCUT2D eigenvalue weighted by Gasteiger charge is 2.42. The van der Waals surface area contributed by atoms with Gasteiger partial charge in [-0.15, -0.1) is 0 Å². The highest BCUT2D eigenvalue weighted by Crippen LogP contribution is 2.42. The fourth-order valence-electron chi connectivity index (χ4n) is 4.03. The summed E-state index contributed by atoms with van der Waals surface area (Å²) in [6, 6.07) is 10.7. The Kier molecular flexibility index (Phi) is 4.53. The van der Waals surface area contributed by atoms with Crippen molar-refractivity contribution < 1.29 is 4.79 Å². The van der Waals surface area contributed by atoms with Crippen molar-refractivity contribution in [1.29, 1.82) is 0 Å². The zero-order chi connectivity index (χ0) is 15.6. The van der Waals surface area contributed by atoms with Gasteiger partial charge in [0.05, 0.1) is 0 Å². The van der Waals surface area contributed by atoms with E-state index in [2.05, 4.69) is 54.4 Å². The molecule has 0 radical (unpaired) electrons. The second-order valence-corrected chi connectivity index (χ2v) is 7.62. The number of carbonyl (C=O) groups is 1. The molecule has 1 aromatic carbocycles. The second-order valence-electron chi connectivity index (χ2n) is 7.62. The maximum absolute atomic E-state index is 12.7. The van der Waals surface area contributed by atoms with E-state index >= 15 is 0 Å². The Balaban J connectivity index is 1.65. The molecule has 3 heteroatoms. The molecule has 0 bridgehead atoms. The Labute approximate surface area is 134 Å². The molecule has 1 atom stereocenters. The average molecular weight is 300 g/mol. The molecule has 3 rings (SSSR count). The third kappa shape index (κ3) is 3.35. The van der Waals surface area contributed by atoms with Crippen molar-refractivity contribution in [3.63, 3.8) is 0 Å². The summed E-state index contributed by atoms with van der Waals surface area (Å²) in [5.41, 5.74) is 1.52. The van der Waals surface area contributed by atoms with Crippen LogP contribution in [0, 0.1) is 11.3 Å². The molecule has 2 saturated heterocycles. The van der Waals surface area contributed by atoms with Crippen molar-refractivity contribution in [1.82, 2.24) is 10.2 Å². The number of hydrogen-bond acceptors (Lipinski definition) is 2. The van der Waals surface area contributed by atoms with Crippen LogP contribution in [0.15, 0.2) is 30.3 Å². The SMILES string of the molecule is CC1(C)CN(C(=O)CC2CCNCC2)CC1c1ccccc1. The van der Waals surface area contributed by atoms with Crippen LogP contribution < -0.4 is 5.32 Å². The minimum atomic E-state index is 0.158. The Morgan fingerprint density at radius 3 is 2.59 bits per heavy atom. The molecule has 0 aliphatic carbocycles. The van der Waals surface area contributed by atoms with E-state index in [0.29, 0.717) is 17.7 Å². The highest BCUT2D eigenvalue weighted by atomic mass is 16.2. The van der Waals surface area contributed by atoms with Gasteiger partial charge in [0.1, 0.15) is 0 Å². The summed E-state index contributed by atoms with van der Waals surface area (Å²) in [7, 11) is 0. The molecule has 1 amide bonds. The highest BCUT2D eigenvalue weighted by molar-refractivity contribution is 5.77. The van der Waals surface area contributed by atoms with E-state index < -0.39 is 0 Å². The molecule has 2 aliphatic heterocycles. The van der Waals surface area contributed by atoms with Gasteiger partial charge in [0, 0.05) is 25.4 Å². The summed E-state index contributed by atoms with van der Waals surface area (Å²) in [6.45, 7) is 8.48. The number of rotatable bonds is 3. The minimum Gasteiger partial charge on any atom is -0.341 e. The van der Waals surface area contributed by atoms with E-state index in [9.17, 15) is 4.79 Å². The molecule has 2 aliphatic rings. The summed E-state index contributed by atoms with van der Waals surface area (Å²) in [6.07, 6.45) is 3.02. The van der Waals surface area contributed by atoms with Gasteiger partial charge in [-0.05, 0) is 42.8 Å². The minimum absolute atomic E-state index is 0.158. The van der Waals surface area contributed by atoms with Crippen LogP contribution in [0.25, 0.3) is 0 Å². The molecule has 1 N–H and O–H groups in total. The third-order valence-corrected chi connectivity index (χ3v) is 5.42. The Hall–Kier alpha value is -1.35. The number of amides is 1. The van der Waals surface area contributed by atoms with E-state index in [-0.39, 0.29) is 5.41 Å². The first-order valence-corrected chi connectivity index (χ1v) is 8.60. The van der Waals surface area contributed by atoms with E-state index in [4.69, 9.17) is 0 Å². The van der Waals surface area contributed by atoms with Crippen molar-refractivity contribution >= 4 is 5.91 Å². The van der Waals surface area contributed by atoms with Gasteiger partial charge in [0.15, 0.2) is 0 Å². The summed E-state index contributed by atoms with van der Waals surface area (Å²) in [5.74, 6) is 1.39. The van der Waals surface area contributed by atoms with E-state index in [0.717, 1.165) is 45.4 Å². The fraction of sp³-hybridized carbons (Fsp3) is 0.632. The van der Waals surface area contributed by atoms with Crippen LogP contribution in [-0.2, 0) is 4.79 Å². The topological polar surface area (TPSA) is 32.3 Å². The zero-order valence-corrected chi connectivity index (χ0v) is 13.8. The van der Waals surface area contributed by atoms with Crippen molar-refractivity contribution in [2.24, 2.45) is 11.3 Å². The van der Waals surface area contributed by atoms with Gasteiger partial charge in [-0.25, -0.2) is 0 Å². The van der Waals surface area contributed by atoms with E-state index in [1.165, 1.54) is 5.56 Å². The maximum Gasteiger partial charge on any atom is 0.222 e. The molecule has 3 nitrogen and oxygen atoms in total. The van der Waals surface area contributed by atoms with Crippen LogP contribution in [0.1, 0.15) is 44.6 Å². The quantitative estimate of drug-likeness (QED) is 0.930. The van der Waals surface area contributed by atoms with Gasteiger partial charge in [-0.1, -0.05) is 44.2 Å². The Morgan fingerprint density at radius 2 is 1.91 bits per heavy atom. The summed E-state index contributed by atoms with van der Waals surface area (Å²) in [5, 5.41) is 3.37. The van der Waals surface area contributed by atoms with Crippen LogP contribution >= 0.6 is 0 Å². The molecule has 2 heterocycles. The molecule has 0 spiro atoms. The predicted octanol–water partition coefficient (Wildman–Crippen LogP) is 3.03. The number of hydrogen-bond donors (Lipinski definition) is 1. The molecule has 22 heavy (non-hydrogen) atoms. The Morgan fingerprint density at radius 1 is 1.23 bits per heavy atom. The molecule has 0 saturated carbocycles. The lowest BCUT2D eigenvalue weighted by Crippen LogP contribution is -2.34. The second kappa shape index (κ2) is 6.41. The molecule has 1 aromatic rings. The van der Waals surface area contributed by atoms with Gasteiger partial charge in [-0.2, -0.15) is 0 Å². The molecule has 0 aromatic heterocycles. The molecular weight excluding hydrogens is 272 g/mol. The number of likely N-dealkylation sites (tertiary alicyclic amines) is 1. The van der Waals surface area contributed by atoms with Crippen molar-refractivity contribution in [3.05, 3.63) is 35.9 Å². The van der Waals surface area contributed by atoms with Crippen LogP contribution in [0.4, 0.5) is 0 Å². The summed E-state index contributed by atoms with van der Waals surface area (Å²) in [4.78, 5) is 14.8. The van der Waals surface area contributed by atoms with Crippen LogP contribution in [0.5, 0.6) is 0 Å². The molecule has 2 fully saturated rings.